The van der Waals surface area contributed by atoms with Crippen molar-refractivity contribution < 1.29 is 56.0 Å². The molecule has 9 aliphatic heterocycles. The summed E-state index contributed by atoms with van der Waals surface area (Å²) in [4.78, 5) is 110. The van der Waals surface area contributed by atoms with Crippen molar-refractivity contribution in [3.63, 3.8) is 0 Å². The van der Waals surface area contributed by atoms with Crippen LogP contribution in [-0.2, 0) is 59.5 Å². The number of hydrogen-bond acceptors (Lipinski definition) is 25. The number of benzene rings is 4. The maximum atomic E-state index is 14.5. The van der Waals surface area contributed by atoms with Crippen LogP contribution in [0.15, 0.2) is 129 Å². The molecule has 13 heterocycles. The number of aliphatic hydroxyl groups is 1. The third kappa shape index (κ3) is 25.1. The minimum Gasteiger partial charge on any atom is -0.497 e. The number of amides is 3. The molecule has 9 aliphatic rings. The predicted molar refractivity (Wildman–Crippen MR) is 545 cm³/mol. The fraction of sp³-hybridized carbons (Fsp3) is 0.500. The SMILES string of the molecule is S.S.S.S.[C-]#[N+]C[C@H]1CN(c2nc(OC[C@@H]3CCCN3C)nc3c2CCN(c2cncc4ccc(OC)cc24)C3)CCN1C(=O)C=C.[C-]#[N+]C[C@H]1CN(c2nc(OC[C@@H]3CCCN3CCO)nc3c2CCN(c2cccc4ccccc24)C3)CCN1C(=O)C=C.[C-]#[N+]C[C@H]1CN(c2nc(OC[C@@H]3C[C@@H](C)CN3C)nc3c2CCN(c2cccc(F)c2C(F)(F)F)C3)CCN1C(=O)/C=C/CN(C)C. The number of halogens is 4. The number of hydrogen-bond donors (Lipinski definition) is 1. The first-order chi connectivity index (χ1) is 64.4. The summed E-state index contributed by atoms with van der Waals surface area (Å²) in [5, 5.41) is 14.0. The van der Waals surface area contributed by atoms with Crippen molar-refractivity contribution in [2.45, 2.75) is 120 Å². The number of β-amino-alcohol motifs (C(OH)–C–C–N with tert-alkyl or cyclic N) is 1. The van der Waals surface area contributed by atoms with Crippen molar-refractivity contribution in [2.75, 3.05) is 222 Å². The molecular formula is C98H127F4N23O8S4. The van der Waals surface area contributed by atoms with E-state index in [0.29, 0.717) is 147 Å². The summed E-state index contributed by atoms with van der Waals surface area (Å²) in [5.74, 6) is 1.85. The first-order valence-corrected chi connectivity index (χ1v) is 46.0. The van der Waals surface area contributed by atoms with Crippen LogP contribution in [0.2, 0.25) is 0 Å². The van der Waals surface area contributed by atoms with Crippen molar-refractivity contribution >= 4 is 128 Å². The van der Waals surface area contributed by atoms with E-state index in [1.807, 2.05) is 55.5 Å². The van der Waals surface area contributed by atoms with Crippen LogP contribution < -0.4 is 48.3 Å². The highest BCUT2D eigenvalue weighted by molar-refractivity contribution is 7.59. The first kappa shape index (κ1) is 106. The zero-order valence-electron chi connectivity index (χ0n) is 78.8. The number of aromatic nitrogens is 7. The Balaban J connectivity index is 0.000000195. The number of rotatable bonds is 26. The van der Waals surface area contributed by atoms with Crippen molar-refractivity contribution in [1.82, 2.24) is 69.2 Å². The molecule has 0 aliphatic carbocycles. The van der Waals surface area contributed by atoms with Gasteiger partial charge in [0.1, 0.15) is 72.5 Å². The first-order valence-electron chi connectivity index (χ1n) is 46.0. The Morgan fingerprint density at radius 1 is 0.533 bits per heavy atom. The van der Waals surface area contributed by atoms with Gasteiger partial charge in [0.15, 0.2) is 0 Å². The molecule has 4 aromatic heterocycles. The van der Waals surface area contributed by atoms with E-state index in [0.717, 1.165) is 146 Å². The molecule has 0 unspecified atom stereocenters. The average molecular weight is 1960 g/mol. The molecule has 6 saturated heterocycles. The monoisotopic (exact) mass is 1960 g/mol. The van der Waals surface area contributed by atoms with Crippen molar-refractivity contribution in [3.05, 3.63) is 208 Å². The quantitative estimate of drug-likeness (QED) is 0.0300. The highest BCUT2D eigenvalue weighted by Crippen LogP contribution is 2.43. The van der Waals surface area contributed by atoms with E-state index in [-0.39, 0.29) is 153 Å². The van der Waals surface area contributed by atoms with Gasteiger partial charge in [-0.3, -0.25) is 29.2 Å². The second kappa shape index (κ2) is 48.9. The zero-order chi connectivity index (χ0) is 93.6. The van der Waals surface area contributed by atoms with Gasteiger partial charge in [-0.2, -0.15) is 97.1 Å². The Kier molecular flexibility index (Phi) is 37.9. The number of likely N-dealkylation sites (N-methyl/N-ethyl adjacent to an activating group) is 3. The average Bonchev–Trinajstić information content (AvgIpc) is 1.78. The normalized spacial score (nSPS) is 20.5. The van der Waals surface area contributed by atoms with Crippen LogP contribution in [-0.4, -0.2) is 321 Å². The van der Waals surface area contributed by atoms with Crippen LogP contribution in [0.1, 0.15) is 78.4 Å². The van der Waals surface area contributed by atoms with E-state index in [9.17, 15) is 37.1 Å². The van der Waals surface area contributed by atoms with E-state index in [1.165, 1.54) is 45.6 Å². The molecule has 6 fully saturated rings. The molecule has 137 heavy (non-hydrogen) atoms. The Bertz CT molecular complexity index is 5640. The van der Waals surface area contributed by atoms with E-state index in [1.54, 1.807) is 34.0 Å². The fourth-order valence-electron chi connectivity index (χ4n) is 20.1. The Morgan fingerprint density at radius 3 is 1.50 bits per heavy atom. The maximum absolute atomic E-state index is 14.5. The molecule has 0 radical (unpaired) electrons. The number of pyridine rings is 1. The number of alkyl halides is 3. The fourth-order valence-corrected chi connectivity index (χ4v) is 20.1. The summed E-state index contributed by atoms with van der Waals surface area (Å²) < 4.78 is 80.6. The van der Waals surface area contributed by atoms with Gasteiger partial charge in [-0.25, -0.2) is 24.1 Å². The number of ether oxygens (including phenoxy) is 4. The Morgan fingerprint density at radius 2 is 1.01 bits per heavy atom. The minimum atomic E-state index is -4.87. The van der Waals surface area contributed by atoms with Crippen LogP contribution in [0.3, 0.4) is 0 Å². The molecule has 3 amide bonds. The van der Waals surface area contributed by atoms with E-state index >= 15 is 0 Å². The molecule has 31 nitrogen and oxygen atoms in total. The molecule has 734 valence electrons. The largest absolute Gasteiger partial charge is 0.497 e. The van der Waals surface area contributed by atoms with Crippen LogP contribution in [0.25, 0.3) is 36.1 Å². The smallest absolute Gasteiger partial charge is 0.421 e. The number of aliphatic hydroxyl groups excluding tert-OH is 1. The molecular weight excluding hydrogens is 1830 g/mol. The Hall–Kier alpha value is -11.2. The van der Waals surface area contributed by atoms with Crippen LogP contribution in [0, 0.1) is 31.5 Å². The van der Waals surface area contributed by atoms with Gasteiger partial charge in [-0.15, -0.1) is 0 Å². The van der Waals surface area contributed by atoms with Gasteiger partial charge >= 0.3 is 24.2 Å². The summed E-state index contributed by atoms with van der Waals surface area (Å²) in [6.45, 7) is 45.8. The van der Waals surface area contributed by atoms with Gasteiger partial charge in [-0.1, -0.05) is 68.6 Å². The number of likely N-dealkylation sites (tertiary alicyclic amines) is 3. The predicted octanol–water partition coefficient (Wildman–Crippen LogP) is 10.8. The second-order valence-electron chi connectivity index (χ2n) is 35.8. The molecule has 17 rings (SSSR count). The lowest BCUT2D eigenvalue weighted by atomic mass is 10.0. The third-order valence-electron chi connectivity index (χ3n) is 26.9. The lowest BCUT2D eigenvalue weighted by Gasteiger charge is -2.41. The van der Waals surface area contributed by atoms with Crippen LogP contribution >= 0.6 is 54.0 Å². The number of piperazine rings is 3. The molecule has 4 aromatic carbocycles. The standard InChI is InChI=1S/C33H42F4N8O2.C33H39N7O3.C32H38N8O3.4H2S/c1-22-16-23(42(5)18-22)21-47-32-39-27-20-43(28-9-6-8-26(34)30(28)33(35,36)37)13-11-25(27)31(40-32)44-14-15-45(24(19-44)17-38-2)29(46)10-7-12-41(3)4;1-3-31(42)40-17-16-39(21-26(40)20-34-2)32-28-13-15-38(30-12-6-9-24-8-4-5-11-27(24)30)22-29(28)35-33(36-32)43-23-25-10-7-14-37(25)18-19-41;1-5-30(41)40-14-13-39(19-24(40)17-33-2)31-26-10-12-38(29-18-34-16-22-8-9-25(42-4)15-27(22)29)20-28(26)35-32(36-31)43-21-23-7-6-11-37(23)3;;;;/h6-10,22-24H,11-21H2,1,3-5H3;3-6,8-9,11-12,25-26,41H,1,7,10,13-23H2;5,8-9,15-16,18,23-24H,1,6-7,10-14,17,19-21H2,3-4H3;4*1H2/b10-7+;;;;;;/t22-,23+,24+;25-,26-;23-,24-;;;;/m100..../s1. The van der Waals surface area contributed by atoms with Crippen molar-refractivity contribution in [2.24, 2.45) is 5.92 Å². The highest BCUT2D eigenvalue weighted by Gasteiger charge is 2.43. The molecule has 0 spiro atoms. The van der Waals surface area contributed by atoms with Crippen LogP contribution in [0.5, 0.6) is 23.8 Å². The third-order valence-corrected chi connectivity index (χ3v) is 26.9. The zero-order valence-corrected chi connectivity index (χ0v) is 82.8. The second-order valence-corrected chi connectivity index (χ2v) is 35.8. The number of nitrogens with zero attached hydrogens (tertiary/aromatic N) is 23. The summed E-state index contributed by atoms with van der Waals surface area (Å²) in [6.07, 6.45) is 12.1. The van der Waals surface area contributed by atoms with E-state index in [2.05, 4.69) is 134 Å². The summed E-state index contributed by atoms with van der Waals surface area (Å²) in [7, 11) is 9.68. The van der Waals surface area contributed by atoms with Crippen molar-refractivity contribution in [3.8, 4) is 23.8 Å². The highest BCUT2D eigenvalue weighted by atomic mass is 32.1. The number of carbonyl (C=O) groups is 3. The molecule has 8 aromatic rings. The molecule has 39 heteroatoms. The lowest BCUT2D eigenvalue weighted by molar-refractivity contribution is -0.139. The molecule has 0 saturated carbocycles. The summed E-state index contributed by atoms with van der Waals surface area (Å²) in [5.41, 5.74) is 6.05. The topological polar surface area (TPSA) is 254 Å². The van der Waals surface area contributed by atoms with Gasteiger partial charge in [0, 0.05) is 167 Å². The number of anilines is 6. The summed E-state index contributed by atoms with van der Waals surface area (Å²) >= 11 is 0. The van der Waals surface area contributed by atoms with Gasteiger partial charge in [0.25, 0.3) is 0 Å². The summed E-state index contributed by atoms with van der Waals surface area (Å²) in [6, 6.07) is 25.0. The molecule has 1 N–H and O–H groups in total. The van der Waals surface area contributed by atoms with Crippen molar-refractivity contribution in [1.29, 1.82) is 0 Å². The number of fused-ring (bicyclic) bond motifs is 5. The minimum absolute atomic E-state index is 0. The molecule has 7 atom stereocenters. The van der Waals surface area contributed by atoms with Gasteiger partial charge in [0.05, 0.1) is 68.0 Å². The van der Waals surface area contributed by atoms with E-state index < -0.39 is 17.6 Å². The van der Waals surface area contributed by atoms with E-state index in [4.69, 9.17) is 63.6 Å². The number of carbonyl (C=O) groups excluding carboxylic acids is 3. The molecule has 0 bridgehead atoms. The van der Waals surface area contributed by atoms with Gasteiger partial charge in [0.2, 0.25) is 37.4 Å². The van der Waals surface area contributed by atoms with Gasteiger partial charge < -0.3 is 92.5 Å². The maximum Gasteiger partial charge on any atom is 0.421 e. The lowest BCUT2D eigenvalue weighted by Crippen LogP contribution is -2.56. The van der Waals surface area contributed by atoms with Gasteiger partial charge in [-0.05, 0) is 153 Å². The Labute approximate surface area is 828 Å². The van der Waals surface area contributed by atoms with Crippen LogP contribution in [0.4, 0.5) is 52.1 Å². The number of methoxy groups -OCH3 is 1.